The number of benzene rings is 1. The lowest BCUT2D eigenvalue weighted by molar-refractivity contribution is 0.297. The third kappa shape index (κ3) is 3.00. The Labute approximate surface area is 118 Å². The summed E-state index contributed by atoms with van der Waals surface area (Å²) in [5, 5.41) is 0. The van der Waals surface area contributed by atoms with E-state index in [-0.39, 0.29) is 0 Å². The standard InChI is InChI=1S/C15H21BrO2/c1-3-11(4-2)15(16)12-6-7-13-14(10-12)18-9-5-8-17-13/h6-7,10-11,15H,3-5,8-9H2,1-2H3. The summed E-state index contributed by atoms with van der Waals surface area (Å²) in [5.74, 6) is 2.43. The Morgan fingerprint density at radius 3 is 2.44 bits per heavy atom. The third-order valence-corrected chi connectivity index (χ3v) is 4.83. The molecule has 1 heterocycles. The molecular weight excluding hydrogens is 292 g/mol. The number of halogens is 1. The molecule has 1 aromatic rings. The van der Waals surface area contributed by atoms with Crippen molar-refractivity contribution in [3.05, 3.63) is 23.8 Å². The number of fused-ring (bicyclic) bond motifs is 1. The van der Waals surface area contributed by atoms with Crippen LogP contribution in [0, 0.1) is 5.92 Å². The Morgan fingerprint density at radius 2 is 1.78 bits per heavy atom. The van der Waals surface area contributed by atoms with Crippen molar-refractivity contribution in [2.75, 3.05) is 13.2 Å². The van der Waals surface area contributed by atoms with E-state index in [1.807, 2.05) is 6.07 Å². The van der Waals surface area contributed by atoms with Crippen LogP contribution in [-0.4, -0.2) is 13.2 Å². The summed E-state index contributed by atoms with van der Waals surface area (Å²) in [6, 6.07) is 6.30. The van der Waals surface area contributed by atoms with Gasteiger partial charge in [0, 0.05) is 11.2 Å². The van der Waals surface area contributed by atoms with Crippen molar-refractivity contribution in [1.29, 1.82) is 0 Å². The van der Waals surface area contributed by atoms with Gasteiger partial charge >= 0.3 is 0 Å². The minimum absolute atomic E-state index is 0.393. The van der Waals surface area contributed by atoms with E-state index in [9.17, 15) is 0 Å². The maximum absolute atomic E-state index is 5.74. The smallest absolute Gasteiger partial charge is 0.161 e. The average molecular weight is 313 g/mol. The summed E-state index contributed by atoms with van der Waals surface area (Å²) in [5.41, 5.74) is 1.29. The highest BCUT2D eigenvalue weighted by molar-refractivity contribution is 9.09. The molecule has 2 nitrogen and oxygen atoms in total. The van der Waals surface area contributed by atoms with Crippen molar-refractivity contribution in [2.45, 2.75) is 37.9 Å². The second kappa shape index (κ2) is 6.46. The lowest BCUT2D eigenvalue weighted by Gasteiger charge is -2.21. The minimum atomic E-state index is 0.393. The lowest BCUT2D eigenvalue weighted by atomic mass is 9.94. The molecule has 0 spiro atoms. The first-order valence-electron chi connectivity index (χ1n) is 6.79. The summed E-state index contributed by atoms with van der Waals surface area (Å²) in [6.07, 6.45) is 3.32. The zero-order valence-corrected chi connectivity index (χ0v) is 12.7. The van der Waals surface area contributed by atoms with Gasteiger partial charge in [-0.05, 0) is 23.6 Å². The molecule has 1 aliphatic rings. The predicted octanol–water partition coefficient (Wildman–Crippen LogP) is 4.72. The van der Waals surface area contributed by atoms with E-state index >= 15 is 0 Å². The molecular formula is C15H21BrO2. The summed E-state index contributed by atoms with van der Waals surface area (Å²) in [4.78, 5) is 0.393. The van der Waals surface area contributed by atoms with Crippen LogP contribution >= 0.6 is 15.9 Å². The molecule has 0 aromatic heterocycles. The van der Waals surface area contributed by atoms with Crippen LogP contribution in [0.15, 0.2) is 18.2 Å². The zero-order valence-electron chi connectivity index (χ0n) is 11.1. The van der Waals surface area contributed by atoms with Crippen LogP contribution in [0.25, 0.3) is 0 Å². The fourth-order valence-electron chi connectivity index (χ4n) is 2.33. The molecule has 0 radical (unpaired) electrons. The van der Waals surface area contributed by atoms with Gasteiger partial charge in [0.05, 0.1) is 13.2 Å². The Hall–Kier alpha value is -0.700. The van der Waals surface area contributed by atoms with Crippen LogP contribution in [0.1, 0.15) is 43.5 Å². The first kappa shape index (κ1) is 13.7. The largest absolute Gasteiger partial charge is 0.490 e. The lowest BCUT2D eigenvalue weighted by Crippen LogP contribution is -2.05. The molecule has 2 rings (SSSR count). The number of hydrogen-bond donors (Lipinski definition) is 0. The number of hydrogen-bond acceptors (Lipinski definition) is 2. The molecule has 1 aliphatic heterocycles. The molecule has 1 atom stereocenters. The topological polar surface area (TPSA) is 18.5 Å². The minimum Gasteiger partial charge on any atom is -0.490 e. The van der Waals surface area contributed by atoms with E-state index in [1.165, 1.54) is 18.4 Å². The number of alkyl halides is 1. The maximum Gasteiger partial charge on any atom is 0.161 e. The third-order valence-electron chi connectivity index (χ3n) is 3.55. The van der Waals surface area contributed by atoms with Crippen LogP contribution < -0.4 is 9.47 Å². The quantitative estimate of drug-likeness (QED) is 0.749. The SMILES string of the molecule is CCC(CC)C(Br)c1ccc2c(c1)OCCCO2. The highest BCUT2D eigenvalue weighted by atomic mass is 79.9. The van der Waals surface area contributed by atoms with Gasteiger partial charge in [0.15, 0.2) is 11.5 Å². The van der Waals surface area contributed by atoms with Gasteiger partial charge in [-0.25, -0.2) is 0 Å². The van der Waals surface area contributed by atoms with Crippen molar-refractivity contribution >= 4 is 15.9 Å². The molecule has 0 N–H and O–H groups in total. The van der Waals surface area contributed by atoms with Crippen molar-refractivity contribution in [2.24, 2.45) is 5.92 Å². The zero-order chi connectivity index (χ0) is 13.0. The maximum atomic E-state index is 5.74. The molecule has 0 bridgehead atoms. The Kier molecular flexibility index (Phi) is 4.93. The predicted molar refractivity (Wildman–Crippen MR) is 77.8 cm³/mol. The van der Waals surface area contributed by atoms with Gasteiger partial charge in [-0.1, -0.05) is 48.7 Å². The summed E-state index contributed by atoms with van der Waals surface area (Å²) < 4.78 is 11.4. The molecule has 3 heteroatoms. The van der Waals surface area contributed by atoms with Crippen LogP contribution in [0.5, 0.6) is 11.5 Å². The van der Waals surface area contributed by atoms with Crippen molar-refractivity contribution < 1.29 is 9.47 Å². The Morgan fingerprint density at radius 1 is 1.11 bits per heavy atom. The molecule has 1 aromatic carbocycles. The number of rotatable bonds is 4. The average Bonchev–Trinajstić information content (AvgIpc) is 2.64. The van der Waals surface area contributed by atoms with Crippen molar-refractivity contribution in [3.8, 4) is 11.5 Å². The highest BCUT2D eigenvalue weighted by Gasteiger charge is 2.19. The fourth-order valence-corrected chi connectivity index (χ4v) is 3.36. The van der Waals surface area contributed by atoms with Crippen LogP contribution in [0.4, 0.5) is 0 Å². The molecule has 1 unspecified atom stereocenters. The van der Waals surface area contributed by atoms with Crippen LogP contribution in [-0.2, 0) is 0 Å². The Balaban J connectivity index is 2.21. The molecule has 18 heavy (non-hydrogen) atoms. The van der Waals surface area contributed by atoms with E-state index < -0.39 is 0 Å². The van der Waals surface area contributed by atoms with E-state index in [4.69, 9.17) is 9.47 Å². The monoisotopic (exact) mass is 312 g/mol. The molecule has 0 aliphatic carbocycles. The van der Waals surface area contributed by atoms with Gasteiger partial charge in [0.25, 0.3) is 0 Å². The van der Waals surface area contributed by atoms with Gasteiger partial charge in [0.2, 0.25) is 0 Å². The first-order valence-corrected chi connectivity index (χ1v) is 7.71. The molecule has 0 fully saturated rings. The van der Waals surface area contributed by atoms with E-state index in [0.717, 1.165) is 31.1 Å². The van der Waals surface area contributed by atoms with Crippen LogP contribution in [0.2, 0.25) is 0 Å². The second-order valence-corrected chi connectivity index (χ2v) is 5.72. The summed E-state index contributed by atoms with van der Waals surface area (Å²) in [6.45, 7) is 5.97. The van der Waals surface area contributed by atoms with Gasteiger partial charge in [-0.3, -0.25) is 0 Å². The van der Waals surface area contributed by atoms with E-state index in [1.54, 1.807) is 0 Å². The number of ether oxygens (including phenoxy) is 2. The second-order valence-electron chi connectivity index (χ2n) is 4.73. The van der Waals surface area contributed by atoms with Gasteiger partial charge in [-0.15, -0.1) is 0 Å². The summed E-state index contributed by atoms with van der Waals surface area (Å²) >= 11 is 3.82. The normalized spacial score (nSPS) is 16.4. The fraction of sp³-hybridized carbons (Fsp3) is 0.600. The van der Waals surface area contributed by atoms with Gasteiger partial charge in [-0.2, -0.15) is 0 Å². The van der Waals surface area contributed by atoms with E-state index in [0.29, 0.717) is 10.7 Å². The first-order chi connectivity index (χ1) is 8.76. The van der Waals surface area contributed by atoms with Crippen LogP contribution in [0.3, 0.4) is 0 Å². The Bertz CT molecular complexity index is 388. The van der Waals surface area contributed by atoms with E-state index in [2.05, 4.69) is 41.9 Å². The molecule has 0 saturated carbocycles. The highest BCUT2D eigenvalue weighted by Crippen LogP contribution is 2.39. The van der Waals surface area contributed by atoms with Crippen molar-refractivity contribution in [1.82, 2.24) is 0 Å². The van der Waals surface area contributed by atoms with Crippen molar-refractivity contribution in [3.63, 3.8) is 0 Å². The summed E-state index contributed by atoms with van der Waals surface area (Å²) in [7, 11) is 0. The molecule has 0 saturated heterocycles. The van der Waals surface area contributed by atoms with Gasteiger partial charge in [0.1, 0.15) is 0 Å². The molecule has 0 amide bonds. The molecule has 100 valence electrons. The van der Waals surface area contributed by atoms with Gasteiger partial charge < -0.3 is 9.47 Å².